The molecule has 3 rings (SSSR count). The highest BCUT2D eigenvalue weighted by Gasteiger charge is 2.13. The minimum absolute atomic E-state index is 0.112. The molecular formula is C18H20N4O3. The summed E-state index contributed by atoms with van der Waals surface area (Å²) < 4.78 is 7.15. The van der Waals surface area contributed by atoms with Crippen LogP contribution in [0.2, 0.25) is 0 Å². The van der Waals surface area contributed by atoms with Gasteiger partial charge in [-0.25, -0.2) is 9.50 Å². The van der Waals surface area contributed by atoms with Crippen LogP contribution in [0.1, 0.15) is 17.0 Å². The van der Waals surface area contributed by atoms with E-state index in [1.54, 1.807) is 4.52 Å². The van der Waals surface area contributed by atoms with Crippen molar-refractivity contribution in [3.63, 3.8) is 0 Å². The number of benzene rings is 1. The van der Waals surface area contributed by atoms with E-state index in [2.05, 4.69) is 15.4 Å². The minimum Gasteiger partial charge on any atom is -0.492 e. The normalized spacial score (nSPS) is 10.8. The molecule has 0 unspecified atom stereocenters. The minimum atomic E-state index is -0.213. The Labute approximate surface area is 144 Å². The molecule has 130 valence electrons. The van der Waals surface area contributed by atoms with Crippen LogP contribution in [0.3, 0.4) is 0 Å². The van der Waals surface area contributed by atoms with Crippen molar-refractivity contribution >= 4 is 11.6 Å². The maximum Gasteiger partial charge on any atom is 0.266 e. The first-order valence-corrected chi connectivity index (χ1v) is 8.07. The molecule has 0 fully saturated rings. The fourth-order valence-corrected chi connectivity index (χ4v) is 2.71. The number of nitrogens with zero attached hydrogens (tertiary/aromatic N) is 2. The standard InChI is InChI=1S/C18H20N4O3/c1-12-15(13(2)22-16(20-12)11-18(24)21-22)10-17(23)19-8-9-25-14-6-4-3-5-7-14/h3-7,11H,8-10H2,1-2H3,(H,19,23)(H,21,24). The van der Waals surface area contributed by atoms with Crippen LogP contribution in [-0.2, 0) is 11.2 Å². The van der Waals surface area contributed by atoms with Gasteiger partial charge in [-0.2, -0.15) is 0 Å². The summed E-state index contributed by atoms with van der Waals surface area (Å²) in [5.74, 6) is 0.660. The van der Waals surface area contributed by atoms with E-state index in [0.29, 0.717) is 18.8 Å². The Morgan fingerprint density at radius 3 is 2.80 bits per heavy atom. The second-order valence-electron chi connectivity index (χ2n) is 5.76. The van der Waals surface area contributed by atoms with E-state index in [0.717, 1.165) is 22.7 Å². The zero-order valence-corrected chi connectivity index (χ0v) is 14.2. The van der Waals surface area contributed by atoms with Gasteiger partial charge < -0.3 is 10.1 Å². The molecule has 0 saturated carbocycles. The Hall–Kier alpha value is -3.09. The van der Waals surface area contributed by atoms with Crippen LogP contribution in [0.15, 0.2) is 41.2 Å². The number of carbonyl (C=O) groups excluding carboxylic acids is 1. The first-order valence-electron chi connectivity index (χ1n) is 8.07. The Morgan fingerprint density at radius 2 is 2.04 bits per heavy atom. The van der Waals surface area contributed by atoms with Gasteiger partial charge in [0, 0.05) is 23.0 Å². The third-order valence-electron chi connectivity index (χ3n) is 3.98. The van der Waals surface area contributed by atoms with Gasteiger partial charge in [-0.3, -0.25) is 14.7 Å². The highest BCUT2D eigenvalue weighted by molar-refractivity contribution is 5.79. The van der Waals surface area contributed by atoms with Gasteiger partial charge in [0.25, 0.3) is 5.56 Å². The lowest BCUT2D eigenvalue weighted by Crippen LogP contribution is -2.30. The van der Waals surface area contributed by atoms with E-state index in [-0.39, 0.29) is 17.9 Å². The Morgan fingerprint density at radius 1 is 1.28 bits per heavy atom. The number of fused-ring (bicyclic) bond motifs is 1. The van der Waals surface area contributed by atoms with Crippen LogP contribution in [0.25, 0.3) is 5.65 Å². The summed E-state index contributed by atoms with van der Waals surface area (Å²) in [7, 11) is 0. The third-order valence-corrected chi connectivity index (χ3v) is 3.98. The van der Waals surface area contributed by atoms with Gasteiger partial charge in [0.2, 0.25) is 5.91 Å². The van der Waals surface area contributed by atoms with Crippen molar-refractivity contribution in [2.24, 2.45) is 0 Å². The smallest absolute Gasteiger partial charge is 0.266 e. The number of nitrogens with one attached hydrogen (secondary N) is 2. The number of aromatic amines is 1. The van der Waals surface area contributed by atoms with Crippen molar-refractivity contribution in [1.82, 2.24) is 19.9 Å². The fraction of sp³-hybridized carbons (Fsp3) is 0.278. The number of rotatable bonds is 6. The van der Waals surface area contributed by atoms with Crippen LogP contribution in [0, 0.1) is 13.8 Å². The van der Waals surface area contributed by atoms with E-state index in [9.17, 15) is 9.59 Å². The molecule has 2 N–H and O–H groups in total. The maximum absolute atomic E-state index is 12.2. The lowest BCUT2D eigenvalue weighted by atomic mass is 10.1. The molecule has 0 aliphatic carbocycles. The summed E-state index contributed by atoms with van der Waals surface area (Å²) in [6, 6.07) is 10.9. The Kier molecular flexibility index (Phi) is 4.83. The molecule has 0 saturated heterocycles. The molecule has 25 heavy (non-hydrogen) atoms. The van der Waals surface area contributed by atoms with Gasteiger partial charge in [0.15, 0.2) is 5.65 Å². The van der Waals surface area contributed by atoms with Crippen LogP contribution in [0.4, 0.5) is 0 Å². The van der Waals surface area contributed by atoms with Crippen molar-refractivity contribution in [2.75, 3.05) is 13.2 Å². The summed E-state index contributed by atoms with van der Waals surface area (Å²) in [5.41, 5.74) is 2.70. The largest absolute Gasteiger partial charge is 0.492 e. The molecule has 0 bridgehead atoms. The van der Waals surface area contributed by atoms with E-state index in [1.165, 1.54) is 6.07 Å². The summed E-state index contributed by atoms with van der Waals surface area (Å²) in [6.07, 6.45) is 0.201. The fourth-order valence-electron chi connectivity index (χ4n) is 2.71. The molecule has 1 amide bonds. The van der Waals surface area contributed by atoms with Crippen molar-refractivity contribution in [3.05, 3.63) is 63.7 Å². The van der Waals surface area contributed by atoms with Gasteiger partial charge >= 0.3 is 0 Å². The zero-order chi connectivity index (χ0) is 17.8. The molecule has 3 aromatic rings. The number of para-hydroxylation sites is 1. The number of H-pyrrole nitrogens is 1. The molecule has 0 aliphatic heterocycles. The summed E-state index contributed by atoms with van der Waals surface area (Å²) >= 11 is 0. The lowest BCUT2D eigenvalue weighted by molar-refractivity contribution is -0.120. The van der Waals surface area contributed by atoms with Crippen LogP contribution >= 0.6 is 0 Å². The SMILES string of the molecule is Cc1nc2cc(=O)[nH]n2c(C)c1CC(=O)NCCOc1ccccc1. The van der Waals surface area contributed by atoms with E-state index < -0.39 is 0 Å². The molecule has 7 heteroatoms. The third kappa shape index (κ3) is 3.88. The number of aryl methyl sites for hydroxylation is 2. The number of aromatic nitrogens is 3. The quantitative estimate of drug-likeness (QED) is 0.664. The maximum atomic E-state index is 12.2. The van der Waals surface area contributed by atoms with Crippen molar-refractivity contribution < 1.29 is 9.53 Å². The Balaban J connectivity index is 1.59. The Bertz CT molecular complexity index is 944. The molecule has 0 atom stereocenters. The molecule has 7 nitrogen and oxygen atoms in total. The summed E-state index contributed by atoms with van der Waals surface area (Å²) in [6.45, 7) is 4.52. The molecule has 2 aromatic heterocycles. The van der Waals surface area contributed by atoms with Gasteiger partial charge in [0.1, 0.15) is 12.4 Å². The number of carbonyl (C=O) groups is 1. The zero-order valence-electron chi connectivity index (χ0n) is 14.2. The van der Waals surface area contributed by atoms with Crippen LogP contribution < -0.4 is 15.6 Å². The van der Waals surface area contributed by atoms with Gasteiger partial charge in [-0.15, -0.1) is 0 Å². The van der Waals surface area contributed by atoms with Gasteiger partial charge in [-0.1, -0.05) is 18.2 Å². The first kappa shape index (κ1) is 16.8. The highest BCUT2D eigenvalue weighted by atomic mass is 16.5. The number of hydrogen-bond acceptors (Lipinski definition) is 4. The number of hydrogen-bond donors (Lipinski definition) is 2. The predicted molar refractivity (Wildman–Crippen MR) is 93.9 cm³/mol. The molecule has 2 heterocycles. The number of ether oxygens (including phenoxy) is 1. The second kappa shape index (κ2) is 7.21. The predicted octanol–water partition coefficient (Wildman–Crippen LogP) is 1.38. The average Bonchev–Trinajstić information content (AvgIpc) is 2.97. The second-order valence-corrected chi connectivity index (χ2v) is 5.76. The molecule has 0 spiro atoms. The van der Waals surface area contributed by atoms with Gasteiger partial charge in [-0.05, 0) is 26.0 Å². The van der Waals surface area contributed by atoms with E-state index in [1.807, 2.05) is 44.2 Å². The van der Waals surface area contributed by atoms with Crippen molar-refractivity contribution in [2.45, 2.75) is 20.3 Å². The van der Waals surface area contributed by atoms with E-state index >= 15 is 0 Å². The highest BCUT2D eigenvalue weighted by Crippen LogP contribution is 2.13. The first-order chi connectivity index (χ1) is 12.0. The summed E-state index contributed by atoms with van der Waals surface area (Å²) in [4.78, 5) is 28.0. The molecule has 0 radical (unpaired) electrons. The molecular weight excluding hydrogens is 320 g/mol. The van der Waals surface area contributed by atoms with Crippen LogP contribution in [0.5, 0.6) is 5.75 Å². The van der Waals surface area contributed by atoms with Crippen molar-refractivity contribution in [3.8, 4) is 5.75 Å². The topological polar surface area (TPSA) is 88.5 Å². The summed E-state index contributed by atoms with van der Waals surface area (Å²) in [5, 5.41) is 5.52. The van der Waals surface area contributed by atoms with Crippen LogP contribution in [-0.4, -0.2) is 33.7 Å². The average molecular weight is 340 g/mol. The molecule has 1 aromatic carbocycles. The molecule has 0 aliphatic rings. The van der Waals surface area contributed by atoms with Gasteiger partial charge in [0.05, 0.1) is 13.0 Å². The van der Waals surface area contributed by atoms with E-state index in [4.69, 9.17) is 4.74 Å². The number of amides is 1. The van der Waals surface area contributed by atoms with Crippen molar-refractivity contribution in [1.29, 1.82) is 0 Å². The monoisotopic (exact) mass is 340 g/mol. The lowest BCUT2D eigenvalue weighted by Gasteiger charge is -2.12.